The van der Waals surface area contributed by atoms with Crippen molar-refractivity contribution in [3.63, 3.8) is 0 Å². The van der Waals surface area contributed by atoms with E-state index in [0.29, 0.717) is 30.9 Å². The van der Waals surface area contributed by atoms with E-state index in [9.17, 15) is 18.0 Å². The van der Waals surface area contributed by atoms with Crippen LogP contribution in [0.1, 0.15) is 50.7 Å². The van der Waals surface area contributed by atoms with Crippen LogP contribution in [-0.2, 0) is 17.4 Å². The van der Waals surface area contributed by atoms with Gasteiger partial charge in [0.2, 0.25) is 5.91 Å². The number of hydrazine groups is 1. The Kier molecular flexibility index (Phi) is 6.65. The van der Waals surface area contributed by atoms with Crippen LogP contribution in [0.3, 0.4) is 0 Å². The molecule has 1 aromatic rings. The third kappa shape index (κ3) is 5.06. The van der Waals surface area contributed by atoms with E-state index < -0.39 is 11.7 Å². The maximum Gasteiger partial charge on any atom is 0.416 e. The second-order valence-electron chi connectivity index (χ2n) is 8.41. The number of halogens is 3. The first-order chi connectivity index (χ1) is 13.3. The fourth-order valence-corrected chi connectivity index (χ4v) is 4.28. The lowest BCUT2D eigenvalue weighted by molar-refractivity contribution is -0.138. The molecular formula is C21H30F3N3O. The van der Waals surface area contributed by atoms with Gasteiger partial charge in [-0.2, -0.15) is 13.2 Å². The first-order valence-electron chi connectivity index (χ1n) is 10.2. The molecule has 0 spiro atoms. The Hall–Kier alpha value is -1.60. The second-order valence-corrected chi connectivity index (χ2v) is 8.41. The Labute approximate surface area is 164 Å². The molecule has 1 amide bonds. The molecule has 0 radical (unpaired) electrons. The zero-order valence-electron chi connectivity index (χ0n) is 16.6. The summed E-state index contributed by atoms with van der Waals surface area (Å²) in [4.78, 5) is 14.7. The van der Waals surface area contributed by atoms with E-state index in [-0.39, 0.29) is 23.9 Å². The average Bonchev–Trinajstić information content (AvgIpc) is 3.16. The molecule has 3 rings (SSSR count). The Morgan fingerprint density at radius 1 is 1.25 bits per heavy atom. The summed E-state index contributed by atoms with van der Waals surface area (Å²) in [6, 6.07) is 5.88. The summed E-state index contributed by atoms with van der Waals surface area (Å²) in [7, 11) is 0. The van der Waals surface area contributed by atoms with Gasteiger partial charge in [-0.05, 0) is 55.6 Å². The fraction of sp³-hybridized carbons (Fsp3) is 0.667. The molecule has 2 aliphatic heterocycles. The maximum absolute atomic E-state index is 13.2. The summed E-state index contributed by atoms with van der Waals surface area (Å²) in [6.07, 6.45) is -0.618. The smallest absolute Gasteiger partial charge is 0.341 e. The zero-order chi connectivity index (χ0) is 20.3. The van der Waals surface area contributed by atoms with E-state index in [1.165, 1.54) is 6.07 Å². The minimum absolute atomic E-state index is 0.107. The number of piperidine rings is 1. The summed E-state index contributed by atoms with van der Waals surface area (Å²) >= 11 is 0. The van der Waals surface area contributed by atoms with Crippen LogP contribution >= 0.6 is 0 Å². The Bertz CT molecular complexity index is 677. The van der Waals surface area contributed by atoms with E-state index in [1.54, 1.807) is 12.1 Å². The van der Waals surface area contributed by atoms with Crippen LogP contribution in [0.4, 0.5) is 13.2 Å². The molecular weight excluding hydrogens is 367 g/mol. The zero-order valence-corrected chi connectivity index (χ0v) is 16.6. The number of aryl methyl sites for hydroxylation is 1. The van der Waals surface area contributed by atoms with Gasteiger partial charge >= 0.3 is 6.18 Å². The van der Waals surface area contributed by atoms with Crippen LogP contribution in [0, 0.1) is 11.8 Å². The topological polar surface area (TPSA) is 44.4 Å². The summed E-state index contributed by atoms with van der Waals surface area (Å²) in [5.74, 6) is 0.804. The number of carbonyl (C=O) groups is 1. The number of likely N-dealkylation sites (tertiary alicyclic amines) is 1. The third-order valence-corrected chi connectivity index (χ3v) is 6.01. The molecule has 2 heterocycles. The van der Waals surface area contributed by atoms with Crippen LogP contribution in [-0.4, -0.2) is 36.0 Å². The normalized spacial score (nSPS) is 26.1. The molecule has 3 unspecified atom stereocenters. The van der Waals surface area contributed by atoms with E-state index in [2.05, 4.69) is 24.7 Å². The van der Waals surface area contributed by atoms with Gasteiger partial charge in [-0.15, -0.1) is 0 Å². The van der Waals surface area contributed by atoms with Gasteiger partial charge in [0.25, 0.3) is 0 Å². The average molecular weight is 397 g/mol. The SMILES string of the molecule is CC(C)C1CC(C(=O)N2CCCC(CCc3ccccc3C(F)(F)F)C2)NN1. The van der Waals surface area contributed by atoms with Gasteiger partial charge < -0.3 is 4.90 Å². The van der Waals surface area contributed by atoms with Crippen molar-refractivity contribution in [1.82, 2.24) is 15.8 Å². The van der Waals surface area contributed by atoms with Crippen molar-refractivity contribution in [2.24, 2.45) is 11.8 Å². The van der Waals surface area contributed by atoms with Crippen molar-refractivity contribution in [2.45, 2.75) is 64.2 Å². The lowest BCUT2D eigenvalue weighted by atomic mass is 9.90. The Morgan fingerprint density at radius 2 is 2.00 bits per heavy atom. The first kappa shape index (κ1) is 21.1. The van der Waals surface area contributed by atoms with E-state index in [4.69, 9.17) is 0 Å². The molecule has 28 heavy (non-hydrogen) atoms. The summed E-state index contributed by atoms with van der Waals surface area (Å²) in [5.41, 5.74) is 6.12. The molecule has 0 saturated carbocycles. The molecule has 7 heteroatoms. The highest BCUT2D eigenvalue weighted by Crippen LogP contribution is 2.33. The molecule has 2 aliphatic rings. The van der Waals surface area contributed by atoms with Crippen molar-refractivity contribution < 1.29 is 18.0 Å². The molecule has 2 saturated heterocycles. The van der Waals surface area contributed by atoms with Gasteiger partial charge in [-0.1, -0.05) is 32.0 Å². The van der Waals surface area contributed by atoms with Gasteiger partial charge in [0.1, 0.15) is 6.04 Å². The second kappa shape index (κ2) is 8.82. The van der Waals surface area contributed by atoms with Crippen molar-refractivity contribution in [3.05, 3.63) is 35.4 Å². The molecule has 1 aromatic carbocycles. The first-order valence-corrected chi connectivity index (χ1v) is 10.2. The predicted octanol–water partition coefficient (Wildman–Crippen LogP) is 3.77. The van der Waals surface area contributed by atoms with E-state index >= 15 is 0 Å². The van der Waals surface area contributed by atoms with Crippen molar-refractivity contribution in [2.75, 3.05) is 13.1 Å². The quantitative estimate of drug-likeness (QED) is 0.795. The molecule has 4 nitrogen and oxygen atoms in total. The standard InChI is InChI=1S/C21H30F3N3O/c1-14(2)18-12-19(26-25-18)20(28)27-11-5-6-15(13-27)9-10-16-7-3-4-8-17(16)21(22,23)24/h3-4,7-8,14-15,18-19,25-26H,5-6,9-13H2,1-2H3. The predicted molar refractivity (Wildman–Crippen MR) is 102 cm³/mol. The maximum atomic E-state index is 13.2. The summed E-state index contributed by atoms with van der Waals surface area (Å²) < 4.78 is 39.5. The van der Waals surface area contributed by atoms with Gasteiger partial charge in [0.15, 0.2) is 0 Å². The number of nitrogens with one attached hydrogen (secondary N) is 2. The van der Waals surface area contributed by atoms with Crippen molar-refractivity contribution in [1.29, 1.82) is 0 Å². The van der Waals surface area contributed by atoms with Gasteiger partial charge in [-0.25, -0.2) is 5.43 Å². The summed E-state index contributed by atoms with van der Waals surface area (Å²) in [5, 5.41) is 0. The lowest BCUT2D eigenvalue weighted by Crippen LogP contribution is -2.49. The summed E-state index contributed by atoms with van der Waals surface area (Å²) in [6.45, 7) is 5.63. The van der Waals surface area contributed by atoms with Gasteiger partial charge in [-0.3, -0.25) is 10.2 Å². The van der Waals surface area contributed by atoms with E-state index in [1.807, 2.05) is 4.90 Å². The monoisotopic (exact) mass is 397 g/mol. The number of alkyl halides is 3. The van der Waals surface area contributed by atoms with Crippen LogP contribution < -0.4 is 10.9 Å². The highest BCUT2D eigenvalue weighted by Gasteiger charge is 2.36. The molecule has 2 fully saturated rings. The van der Waals surface area contributed by atoms with Crippen molar-refractivity contribution >= 4 is 5.91 Å². The van der Waals surface area contributed by atoms with E-state index in [0.717, 1.165) is 31.9 Å². The van der Waals surface area contributed by atoms with Crippen LogP contribution in [0.25, 0.3) is 0 Å². The Balaban J connectivity index is 1.55. The number of carbonyl (C=O) groups excluding carboxylic acids is 1. The van der Waals surface area contributed by atoms with Gasteiger partial charge in [0.05, 0.1) is 5.56 Å². The number of rotatable bonds is 5. The Morgan fingerprint density at radius 3 is 2.68 bits per heavy atom. The van der Waals surface area contributed by atoms with Gasteiger partial charge in [0, 0.05) is 19.1 Å². The van der Waals surface area contributed by atoms with Crippen molar-refractivity contribution in [3.8, 4) is 0 Å². The lowest BCUT2D eigenvalue weighted by Gasteiger charge is -2.34. The third-order valence-electron chi connectivity index (χ3n) is 6.01. The minimum Gasteiger partial charge on any atom is -0.341 e. The number of hydrogen-bond donors (Lipinski definition) is 2. The molecule has 0 aliphatic carbocycles. The van der Waals surface area contributed by atoms with Crippen LogP contribution in [0.5, 0.6) is 0 Å². The number of amides is 1. The molecule has 0 bridgehead atoms. The van der Waals surface area contributed by atoms with Crippen LogP contribution in [0.15, 0.2) is 24.3 Å². The fourth-order valence-electron chi connectivity index (χ4n) is 4.28. The molecule has 3 atom stereocenters. The minimum atomic E-state index is -4.32. The highest BCUT2D eigenvalue weighted by atomic mass is 19.4. The molecule has 2 N–H and O–H groups in total. The van der Waals surface area contributed by atoms with Crippen LogP contribution in [0.2, 0.25) is 0 Å². The number of hydrogen-bond acceptors (Lipinski definition) is 3. The molecule has 0 aromatic heterocycles. The molecule has 156 valence electrons. The largest absolute Gasteiger partial charge is 0.416 e. The number of nitrogens with zero attached hydrogens (tertiary/aromatic N) is 1. The number of benzene rings is 1. The highest BCUT2D eigenvalue weighted by molar-refractivity contribution is 5.82.